The van der Waals surface area contributed by atoms with Gasteiger partial charge in [0, 0.05) is 23.4 Å². The summed E-state index contributed by atoms with van der Waals surface area (Å²) in [5, 5.41) is 3.80. The molecule has 1 aliphatic heterocycles. The highest BCUT2D eigenvalue weighted by molar-refractivity contribution is 6.30. The van der Waals surface area contributed by atoms with Crippen LogP contribution < -0.4 is 14.8 Å². The molecular formula is C20H22ClNO3. The number of hydrogen-bond donors (Lipinski definition) is 1. The van der Waals surface area contributed by atoms with Crippen LogP contribution in [0.3, 0.4) is 0 Å². The Labute approximate surface area is 153 Å². The van der Waals surface area contributed by atoms with Crippen molar-refractivity contribution in [3.05, 3.63) is 58.6 Å². The van der Waals surface area contributed by atoms with Crippen LogP contribution in [0.25, 0.3) is 0 Å². The van der Waals surface area contributed by atoms with Gasteiger partial charge >= 0.3 is 0 Å². The number of fused-ring (bicyclic) bond motifs is 1. The van der Waals surface area contributed by atoms with Crippen LogP contribution in [0.5, 0.6) is 11.5 Å². The van der Waals surface area contributed by atoms with Gasteiger partial charge in [-0.25, -0.2) is 0 Å². The summed E-state index contributed by atoms with van der Waals surface area (Å²) in [6.07, 6.45) is 1.90. The van der Waals surface area contributed by atoms with Crippen molar-refractivity contribution in [3.63, 3.8) is 0 Å². The highest BCUT2D eigenvalue weighted by atomic mass is 35.5. The molecule has 1 atom stereocenters. The Morgan fingerprint density at radius 2 is 2.08 bits per heavy atom. The maximum atomic E-state index is 12.2. The van der Waals surface area contributed by atoms with Crippen molar-refractivity contribution in [2.45, 2.75) is 32.2 Å². The van der Waals surface area contributed by atoms with Gasteiger partial charge in [0.1, 0.15) is 11.5 Å². The lowest BCUT2D eigenvalue weighted by Gasteiger charge is -2.27. The van der Waals surface area contributed by atoms with Crippen LogP contribution in [0, 0.1) is 6.92 Å². The van der Waals surface area contributed by atoms with E-state index in [0.717, 1.165) is 23.5 Å². The molecule has 1 unspecified atom stereocenters. The standard InChI is InChI=1S/C20H22ClNO3/c1-14-4-9-19-17(13-14)18(10-12-25-19)22-20(23)3-2-11-24-16-7-5-15(21)6-8-16/h4-9,13,18H,2-3,10-12H2,1H3,(H,22,23). The number of hydrogen-bond acceptors (Lipinski definition) is 3. The number of rotatable bonds is 6. The van der Waals surface area contributed by atoms with Crippen LogP contribution in [0.1, 0.15) is 36.4 Å². The predicted molar refractivity (Wildman–Crippen MR) is 98.4 cm³/mol. The topological polar surface area (TPSA) is 47.6 Å². The van der Waals surface area contributed by atoms with Gasteiger partial charge in [-0.05, 0) is 43.7 Å². The number of carbonyl (C=O) groups excluding carboxylic acids is 1. The highest BCUT2D eigenvalue weighted by Crippen LogP contribution is 2.32. The molecule has 1 aliphatic rings. The summed E-state index contributed by atoms with van der Waals surface area (Å²) in [6, 6.07) is 13.3. The summed E-state index contributed by atoms with van der Waals surface area (Å²) in [5.74, 6) is 1.67. The third kappa shape index (κ3) is 4.89. The molecule has 1 amide bonds. The van der Waals surface area contributed by atoms with Crippen LogP contribution in [0.15, 0.2) is 42.5 Å². The van der Waals surface area contributed by atoms with Gasteiger partial charge in [0.05, 0.1) is 19.3 Å². The van der Waals surface area contributed by atoms with Gasteiger partial charge in [0.15, 0.2) is 0 Å². The van der Waals surface area contributed by atoms with E-state index in [0.29, 0.717) is 31.1 Å². The van der Waals surface area contributed by atoms with Crippen molar-refractivity contribution in [2.75, 3.05) is 13.2 Å². The molecule has 1 heterocycles. The largest absolute Gasteiger partial charge is 0.494 e. The SMILES string of the molecule is Cc1ccc2c(c1)C(NC(=O)CCCOc1ccc(Cl)cc1)CCO2. The summed E-state index contributed by atoms with van der Waals surface area (Å²) in [4.78, 5) is 12.2. The van der Waals surface area contributed by atoms with Crippen molar-refractivity contribution in [3.8, 4) is 11.5 Å². The van der Waals surface area contributed by atoms with E-state index in [9.17, 15) is 4.79 Å². The van der Waals surface area contributed by atoms with Gasteiger partial charge in [0.25, 0.3) is 0 Å². The first kappa shape index (κ1) is 17.6. The zero-order chi connectivity index (χ0) is 17.6. The Hall–Kier alpha value is -2.20. The van der Waals surface area contributed by atoms with Crippen LogP contribution in [0.4, 0.5) is 0 Å². The molecule has 2 aromatic rings. The van der Waals surface area contributed by atoms with E-state index >= 15 is 0 Å². The lowest BCUT2D eigenvalue weighted by molar-refractivity contribution is -0.122. The van der Waals surface area contributed by atoms with Crippen LogP contribution in [-0.2, 0) is 4.79 Å². The predicted octanol–water partition coefficient (Wildman–Crippen LogP) is 4.45. The van der Waals surface area contributed by atoms with E-state index in [2.05, 4.69) is 11.4 Å². The van der Waals surface area contributed by atoms with Gasteiger partial charge in [0.2, 0.25) is 5.91 Å². The Morgan fingerprint density at radius 1 is 1.28 bits per heavy atom. The van der Waals surface area contributed by atoms with E-state index in [1.807, 2.05) is 31.2 Å². The van der Waals surface area contributed by atoms with Crippen molar-refractivity contribution < 1.29 is 14.3 Å². The molecule has 0 bridgehead atoms. The van der Waals surface area contributed by atoms with Crippen LogP contribution >= 0.6 is 11.6 Å². The molecule has 0 spiro atoms. The number of carbonyl (C=O) groups is 1. The second kappa shape index (κ2) is 8.26. The molecule has 4 nitrogen and oxygen atoms in total. The maximum absolute atomic E-state index is 12.2. The molecule has 0 radical (unpaired) electrons. The zero-order valence-corrected chi connectivity index (χ0v) is 15.0. The fraction of sp³-hybridized carbons (Fsp3) is 0.350. The molecule has 3 rings (SSSR count). The number of benzene rings is 2. The minimum absolute atomic E-state index is 0.0216. The first-order valence-corrected chi connectivity index (χ1v) is 8.91. The molecule has 0 saturated heterocycles. The lowest BCUT2D eigenvalue weighted by atomic mass is 9.98. The summed E-state index contributed by atoms with van der Waals surface area (Å²) in [5.41, 5.74) is 2.23. The van der Waals surface area contributed by atoms with Gasteiger partial charge < -0.3 is 14.8 Å². The van der Waals surface area contributed by atoms with Crippen molar-refractivity contribution >= 4 is 17.5 Å². The summed E-state index contributed by atoms with van der Waals surface area (Å²) < 4.78 is 11.3. The highest BCUT2D eigenvalue weighted by Gasteiger charge is 2.22. The van der Waals surface area contributed by atoms with Gasteiger partial charge in [-0.15, -0.1) is 0 Å². The summed E-state index contributed by atoms with van der Waals surface area (Å²) in [7, 11) is 0. The monoisotopic (exact) mass is 359 g/mol. The fourth-order valence-electron chi connectivity index (χ4n) is 2.88. The summed E-state index contributed by atoms with van der Waals surface area (Å²) >= 11 is 5.84. The number of halogens is 1. The number of nitrogens with one attached hydrogen (secondary N) is 1. The third-order valence-corrected chi connectivity index (χ3v) is 4.42. The van der Waals surface area contributed by atoms with Crippen molar-refractivity contribution in [1.82, 2.24) is 5.32 Å². The Bertz CT molecular complexity index is 730. The molecule has 0 saturated carbocycles. The van der Waals surface area contributed by atoms with Crippen molar-refractivity contribution in [2.24, 2.45) is 0 Å². The van der Waals surface area contributed by atoms with E-state index < -0.39 is 0 Å². The third-order valence-electron chi connectivity index (χ3n) is 4.17. The molecule has 132 valence electrons. The summed E-state index contributed by atoms with van der Waals surface area (Å²) in [6.45, 7) is 3.17. The second-order valence-electron chi connectivity index (χ2n) is 6.20. The average molecular weight is 360 g/mol. The number of aryl methyl sites for hydroxylation is 1. The molecule has 1 N–H and O–H groups in total. The first-order chi connectivity index (χ1) is 12.1. The van der Waals surface area contributed by atoms with Gasteiger partial charge in [-0.2, -0.15) is 0 Å². The Kier molecular flexibility index (Phi) is 5.82. The fourth-order valence-corrected chi connectivity index (χ4v) is 3.01. The normalized spacial score (nSPS) is 15.8. The second-order valence-corrected chi connectivity index (χ2v) is 6.64. The van der Waals surface area contributed by atoms with E-state index in [4.69, 9.17) is 21.1 Å². The molecule has 0 fully saturated rings. The van der Waals surface area contributed by atoms with Crippen LogP contribution in [-0.4, -0.2) is 19.1 Å². The van der Waals surface area contributed by atoms with Crippen LogP contribution in [0.2, 0.25) is 5.02 Å². The molecular weight excluding hydrogens is 338 g/mol. The smallest absolute Gasteiger partial charge is 0.220 e. The van der Waals surface area contributed by atoms with E-state index in [1.54, 1.807) is 12.1 Å². The average Bonchev–Trinajstić information content (AvgIpc) is 2.61. The van der Waals surface area contributed by atoms with Gasteiger partial charge in [-0.1, -0.05) is 29.3 Å². The molecule has 2 aromatic carbocycles. The Balaban J connectivity index is 1.45. The maximum Gasteiger partial charge on any atom is 0.220 e. The minimum atomic E-state index is 0.0216. The first-order valence-electron chi connectivity index (χ1n) is 8.53. The quantitative estimate of drug-likeness (QED) is 0.775. The minimum Gasteiger partial charge on any atom is -0.494 e. The molecule has 25 heavy (non-hydrogen) atoms. The van der Waals surface area contributed by atoms with E-state index in [1.165, 1.54) is 5.56 Å². The van der Waals surface area contributed by atoms with E-state index in [-0.39, 0.29) is 11.9 Å². The van der Waals surface area contributed by atoms with Crippen molar-refractivity contribution in [1.29, 1.82) is 0 Å². The molecule has 0 aromatic heterocycles. The van der Waals surface area contributed by atoms with Gasteiger partial charge in [-0.3, -0.25) is 4.79 Å². The Morgan fingerprint density at radius 3 is 2.88 bits per heavy atom. The molecule has 0 aliphatic carbocycles. The lowest BCUT2D eigenvalue weighted by Crippen LogP contribution is -2.32. The number of amides is 1. The molecule has 5 heteroatoms. The number of ether oxygens (including phenoxy) is 2. The zero-order valence-electron chi connectivity index (χ0n) is 14.3.